The molecule has 0 heterocycles. The van der Waals surface area contributed by atoms with E-state index in [1.165, 1.54) is 34.4 Å². The smallest absolute Gasteiger partial charge is 0.104 e. The molecule has 3 rings (SSSR count). The van der Waals surface area contributed by atoms with Gasteiger partial charge in [0.15, 0.2) is 0 Å². The van der Waals surface area contributed by atoms with Crippen LogP contribution in [-0.2, 0) is 6.54 Å². The summed E-state index contributed by atoms with van der Waals surface area (Å²) in [5.41, 5.74) is 1.43. The molecule has 142 valence electrons. The highest BCUT2D eigenvalue weighted by molar-refractivity contribution is 7.79. The number of benzene rings is 3. The number of rotatable bonds is 7. The summed E-state index contributed by atoms with van der Waals surface area (Å²) in [5.74, 6) is 0. The summed E-state index contributed by atoms with van der Waals surface area (Å²) < 4.78 is 1.04. The van der Waals surface area contributed by atoms with Crippen LogP contribution in [-0.4, -0.2) is 25.1 Å². The van der Waals surface area contributed by atoms with Crippen molar-refractivity contribution >= 4 is 23.8 Å². The van der Waals surface area contributed by atoms with Crippen LogP contribution in [0.15, 0.2) is 84.9 Å². The molecule has 0 aliphatic heterocycles. The van der Waals surface area contributed by atoms with Gasteiger partial charge in [-0.05, 0) is 36.3 Å². The first kappa shape index (κ1) is 21.8. The Labute approximate surface area is 176 Å². The van der Waals surface area contributed by atoms with Gasteiger partial charge in [-0.25, -0.2) is 0 Å². The van der Waals surface area contributed by atoms with Crippen LogP contribution in [0.4, 0.5) is 0 Å². The zero-order chi connectivity index (χ0) is 18.4. The molecule has 0 bridgehead atoms. The SMILES string of the molecule is CCC[N+](C)(C)Cc1cccc(P(c2ccccc2)c2ccccc2)c1.[Br-]. The van der Waals surface area contributed by atoms with Gasteiger partial charge in [0.05, 0.1) is 20.6 Å². The summed E-state index contributed by atoms with van der Waals surface area (Å²) in [6.45, 7) is 4.55. The van der Waals surface area contributed by atoms with Crippen LogP contribution in [0.1, 0.15) is 18.9 Å². The van der Waals surface area contributed by atoms with Gasteiger partial charge in [-0.3, -0.25) is 0 Å². The van der Waals surface area contributed by atoms with Crippen LogP contribution in [0.25, 0.3) is 0 Å². The average Bonchev–Trinajstić information content (AvgIpc) is 2.64. The molecule has 0 atom stereocenters. The predicted octanol–water partition coefficient (Wildman–Crippen LogP) is 1.44. The molecule has 0 saturated carbocycles. The van der Waals surface area contributed by atoms with E-state index < -0.39 is 7.92 Å². The highest BCUT2D eigenvalue weighted by Gasteiger charge is 2.19. The first-order valence-corrected chi connectivity index (χ1v) is 10.7. The molecule has 0 saturated heterocycles. The summed E-state index contributed by atoms with van der Waals surface area (Å²) in [5, 5.41) is 4.26. The molecule has 0 aliphatic carbocycles. The van der Waals surface area contributed by atoms with Crippen LogP contribution in [0.5, 0.6) is 0 Å². The van der Waals surface area contributed by atoms with Crippen molar-refractivity contribution in [1.82, 2.24) is 0 Å². The highest BCUT2D eigenvalue weighted by Crippen LogP contribution is 2.32. The first-order valence-electron chi connectivity index (χ1n) is 9.40. The number of halogens is 1. The molecule has 0 N–H and O–H groups in total. The Kier molecular flexibility index (Phi) is 8.23. The maximum atomic E-state index is 2.43. The van der Waals surface area contributed by atoms with Crippen molar-refractivity contribution in [2.75, 3.05) is 20.6 Å². The molecular weight excluding hydrogens is 413 g/mol. The minimum atomic E-state index is -0.519. The number of hydrogen-bond acceptors (Lipinski definition) is 0. The van der Waals surface area contributed by atoms with E-state index in [-0.39, 0.29) is 17.0 Å². The summed E-state index contributed by atoms with van der Waals surface area (Å²) in [4.78, 5) is 0. The molecule has 0 spiro atoms. The van der Waals surface area contributed by atoms with Gasteiger partial charge < -0.3 is 21.5 Å². The molecule has 0 amide bonds. The van der Waals surface area contributed by atoms with Crippen molar-refractivity contribution in [1.29, 1.82) is 0 Å². The van der Waals surface area contributed by atoms with E-state index in [4.69, 9.17) is 0 Å². The lowest BCUT2D eigenvalue weighted by molar-refractivity contribution is -0.903. The quantitative estimate of drug-likeness (QED) is 0.384. The minimum absolute atomic E-state index is 0. The number of nitrogens with zero attached hydrogens (tertiary/aromatic N) is 1. The first-order chi connectivity index (χ1) is 12.6. The Morgan fingerprint density at radius 2 is 1.22 bits per heavy atom. The lowest BCUT2D eigenvalue weighted by atomic mass is 10.2. The van der Waals surface area contributed by atoms with Crippen molar-refractivity contribution in [3.63, 3.8) is 0 Å². The van der Waals surface area contributed by atoms with Crippen LogP contribution < -0.4 is 32.9 Å². The zero-order valence-corrected chi connectivity index (χ0v) is 19.0. The second-order valence-corrected chi connectivity index (χ2v) is 9.71. The second-order valence-electron chi connectivity index (χ2n) is 7.49. The van der Waals surface area contributed by atoms with Gasteiger partial charge >= 0.3 is 0 Å². The summed E-state index contributed by atoms with van der Waals surface area (Å²) in [7, 11) is 4.13. The molecular formula is C24H29BrNP. The Morgan fingerprint density at radius 3 is 1.74 bits per heavy atom. The topological polar surface area (TPSA) is 0 Å². The molecule has 0 aromatic heterocycles. The van der Waals surface area contributed by atoms with Crippen molar-refractivity contribution in [2.24, 2.45) is 0 Å². The lowest BCUT2D eigenvalue weighted by Gasteiger charge is -2.30. The van der Waals surface area contributed by atoms with E-state index in [1.807, 2.05) is 0 Å². The fraction of sp³-hybridized carbons (Fsp3) is 0.250. The molecule has 27 heavy (non-hydrogen) atoms. The molecule has 0 unspecified atom stereocenters. The Morgan fingerprint density at radius 1 is 0.704 bits per heavy atom. The van der Waals surface area contributed by atoms with Gasteiger partial charge in [-0.1, -0.05) is 85.8 Å². The predicted molar refractivity (Wildman–Crippen MR) is 116 cm³/mol. The van der Waals surface area contributed by atoms with Gasteiger partial charge in [-0.2, -0.15) is 0 Å². The van der Waals surface area contributed by atoms with Gasteiger partial charge in [0, 0.05) is 5.56 Å². The van der Waals surface area contributed by atoms with Crippen molar-refractivity contribution in [3.8, 4) is 0 Å². The molecule has 3 aromatic rings. The fourth-order valence-electron chi connectivity index (χ4n) is 3.57. The maximum absolute atomic E-state index is 2.43. The van der Waals surface area contributed by atoms with Crippen molar-refractivity contribution in [2.45, 2.75) is 19.9 Å². The Hall–Kier alpha value is -1.47. The van der Waals surface area contributed by atoms with Crippen LogP contribution in [0.2, 0.25) is 0 Å². The summed E-state index contributed by atoms with van der Waals surface area (Å²) in [6.07, 6.45) is 1.22. The van der Waals surface area contributed by atoms with Crippen molar-refractivity contribution in [3.05, 3.63) is 90.5 Å². The largest absolute Gasteiger partial charge is 1.00 e. The third-order valence-electron chi connectivity index (χ3n) is 4.64. The van der Waals surface area contributed by atoms with Crippen molar-refractivity contribution < 1.29 is 21.5 Å². The minimum Gasteiger partial charge on any atom is -1.00 e. The molecule has 1 nitrogen and oxygen atoms in total. The zero-order valence-electron chi connectivity index (χ0n) is 16.5. The van der Waals surface area contributed by atoms with E-state index in [2.05, 4.69) is 106 Å². The Balaban J connectivity index is 0.00000261. The molecule has 0 fully saturated rings. The van der Waals surface area contributed by atoms with Gasteiger partial charge in [0.1, 0.15) is 6.54 Å². The van der Waals surface area contributed by atoms with E-state index in [1.54, 1.807) is 0 Å². The monoisotopic (exact) mass is 441 g/mol. The summed E-state index contributed by atoms with van der Waals surface area (Å²) in [6, 6.07) is 31.1. The number of quaternary nitrogens is 1. The summed E-state index contributed by atoms with van der Waals surface area (Å²) >= 11 is 0. The molecule has 3 aromatic carbocycles. The third-order valence-corrected chi connectivity index (χ3v) is 7.06. The van der Waals surface area contributed by atoms with Gasteiger partial charge in [-0.15, -0.1) is 0 Å². The van der Waals surface area contributed by atoms with Gasteiger partial charge in [0.25, 0.3) is 0 Å². The molecule has 3 heteroatoms. The average molecular weight is 442 g/mol. The fourth-order valence-corrected chi connectivity index (χ4v) is 5.94. The normalized spacial score (nSPS) is 11.3. The standard InChI is InChI=1S/C24H29NP.BrH/c1-4-18-25(2,3)20-21-12-11-17-24(19-21)26(22-13-7-5-8-14-22)23-15-9-6-10-16-23;/h5-17,19H,4,18,20H2,1-3H3;1H/q+1;/p-1. The lowest BCUT2D eigenvalue weighted by Crippen LogP contribution is -3.00. The molecule has 0 aliphatic rings. The van der Waals surface area contributed by atoms with Gasteiger partial charge in [0.2, 0.25) is 0 Å². The third kappa shape index (κ3) is 6.01. The molecule has 0 radical (unpaired) electrons. The maximum Gasteiger partial charge on any atom is 0.104 e. The second kappa shape index (κ2) is 10.2. The van der Waals surface area contributed by atoms with Crippen LogP contribution in [0, 0.1) is 0 Å². The number of hydrogen-bond donors (Lipinski definition) is 0. The van der Waals surface area contributed by atoms with E-state index in [0.29, 0.717) is 0 Å². The van der Waals surface area contributed by atoms with E-state index in [9.17, 15) is 0 Å². The van der Waals surface area contributed by atoms with Crippen LogP contribution in [0.3, 0.4) is 0 Å². The van der Waals surface area contributed by atoms with E-state index in [0.717, 1.165) is 11.0 Å². The van der Waals surface area contributed by atoms with Crippen LogP contribution >= 0.6 is 7.92 Å². The highest BCUT2D eigenvalue weighted by atomic mass is 79.9. The van der Waals surface area contributed by atoms with E-state index >= 15 is 0 Å². The Bertz CT molecular complexity index is 779.